The molecular formula is C32H38N4O8S. The second-order valence-electron chi connectivity index (χ2n) is 11.1. The van der Waals surface area contributed by atoms with Crippen LogP contribution in [0.1, 0.15) is 47.1 Å². The molecule has 3 aromatic carbocycles. The number of sulfonamides is 1. The first-order valence-corrected chi connectivity index (χ1v) is 15.9. The average Bonchev–Trinajstić information content (AvgIpc) is 3.25. The number of ether oxygens (including phenoxy) is 1. The Bertz CT molecular complexity index is 1630. The second-order valence-corrected chi connectivity index (χ2v) is 13.1. The summed E-state index contributed by atoms with van der Waals surface area (Å²) in [5.74, 6) is -0.396. The number of carbonyl (C=O) groups is 3. The molecule has 1 aliphatic heterocycles. The van der Waals surface area contributed by atoms with Gasteiger partial charge < -0.3 is 25.6 Å². The Kier molecular flexibility index (Phi) is 10.6. The van der Waals surface area contributed by atoms with Crippen LogP contribution < -0.4 is 15.4 Å². The number of urea groups is 1. The van der Waals surface area contributed by atoms with Crippen LogP contribution in [-0.2, 0) is 16.4 Å². The number of hydrogen-bond donors (Lipinski definition) is 4. The van der Waals surface area contributed by atoms with Gasteiger partial charge in [-0.1, -0.05) is 30.3 Å². The number of aliphatic hydroxyl groups is 2. The highest BCUT2D eigenvalue weighted by Crippen LogP contribution is 2.27. The van der Waals surface area contributed by atoms with E-state index in [0.29, 0.717) is 5.75 Å². The summed E-state index contributed by atoms with van der Waals surface area (Å²) in [7, 11) is -2.70. The van der Waals surface area contributed by atoms with Crippen LogP contribution in [0, 0.1) is 0 Å². The van der Waals surface area contributed by atoms with Crippen LogP contribution in [0.15, 0.2) is 77.7 Å². The molecule has 4 rings (SSSR count). The molecule has 0 saturated carbocycles. The zero-order valence-electron chi connectivity index (χ0n) is 25.5. The van der Waals surface area contributed by atoms with E-state index in [1.165, 1.54) is 56.5 Å². The highest BCUT2D eigenvalue weighted by Gasteiger charge is 2.37. The molecule has 1 aliphatic rings. The number of carbonyl (C=O) groups excluding carboxylic acids is 3. The van der Waals surface area contributed by atoms with E-state index in [1.807, 2.05) is 18.2 Å². The minimum Gasteiger partial charge on any atom is -0.497 e. The minimum atomic E-state index is -4.16. The third-order valence-corrected chi connectivity index (χ3v) is 9.17. The van der Waals surface area contributed by atoms with E-state index < -0.39 is 52.7 Å². The van der Waals surface area contributed by atoms with E-state index in [1.54, 1.807) is 26.0 Å². The number of imide groups is 1. The molecule has 0 bridgehead atoms. The van der Waals surface area contributed by atoms with Gasteiger partial charge in [-0.25, -0.2) is 13.2 Å². The molecule has 0 fully saturated rings. The van der Waals surface area contributed by atoms with Crippen LogP contribution >= 0.6 is 0 Å². The highest BCUT2D eigenvalue weighted by atomic mass is 32.2. The number of hydrogen-bond acceptors (Lipinski definition) is 8. The van der Waals surface area contributed by atoms with E-state index in [4.69, 9.17) is 4.74 Å². The Balaban J connectivity index is 1.55. The Labute approximate surface area is 262 Å². The van der Waals surface area contributed by atoms with E-state index in [9.17, 15) is 33.0 Å². The molecule has 4 N–H and O–H groups in total. The van der Waals surface area contributed by atoms with Crippen molar-refractivity contribution in [1.82, 2.24) is 14.5 Å². The van der Waals surface area contributed by atoms with Gasteiger partial charge in [0.25, 0.3) is 11.8 Å². The molecule has 12 nitrogen and oxygen atoms in total. The van der Waals surface area contributed by atoms with Crippen LogP contribution in [0.5, 0.6) is 5.75 Å². The number of aliphatic hydroxyl groups excluding tert-OH is 2. The molecule has 0 aromatic heterocycles. The standard InChI is InChI=1S/C32H38N4O8S/c1-20(2)36-30(39)26-15-10-23(17-27(26)31(36)40)33-32(41)34-28(16-22-8-6-5-7-9-22)29(38)19-35(18-21(3)37)45(42,43)25-13-11-24(44-4)12-14-25/h5-15,17,20-21,28-29,37-38H,16,18-19H2,1-4H3,(H2,33,34,41)/t21-,28+,29-/m1/s1. The van der Waals surface area contributed by atoms with Crippen molar-refractivity contribution < 1.29 is 37.8 Å². The molecule has 4 amide bonds. The number of anilines is 1. The third kappa shape index (κ3) is 7.87. The lowest BCUT2D eigenvalue weighted by Crippen LogP contribution is -2.52. The van der Waals surface area contributed by atoms with E-state index in [2.05, 4.69) is 10.6 Å². The summed E-state index contributed by atoms with van der Waals surface area (Å²) in [6.45, 7) is 4.17. The number of amides is 4. The molecule has 0 saturated heterocycles. The molecule has 13 heteroatoms. The van der Waals surface area contributed by atoms with Gasteiger partial charge in [0.15, 0.2) is 0 Å². The number of benzene rings is 3. The maximum absolute atomic E-state index is 13.6. The summed E-state index contributed by atoms with van der Waals surface area (Å²) in [5.41, 5.74) is 1.44. The van der Waals surface area contributed by atoms with Gasteiger partial charge in [0.1, 0.15) is 5.75 Å². The molecule has 0 unspecified atom stereocenters. The summed E-state index contributed by atoms with van der Waals surface area (Å²) in [6, 6.07) is 17.2. The molecule has 3 atom stereocenters. The second kappa shape index (κ2) is 14.2. The van der Waals surface area contributed by atoms with Crippen molar-refractivity contribution in [2.45, 2.75) is 56.4 Å². The van der Waals surface area contributed by atoms with Crippen molar-refractivity contribution in [2.24, 2.45) is 0 Å². The number of nitrogens with one attached hydrogen (secondary N) is 2. The van der Waals surface area contributed by atoms with Crippen LogP contribution in [0.4, 0.5) is 10.5 Å². The fourth-order valence-electron chi connectivity index (χ4n) is 5.09. The summed E-state index contributed by atoms with van der Waals surface area (Å²) in [4.78, 5) is 39.7. The number of methoxy groups -OCH3 is 1. The van der Waals surface area contributed by atoms with E-state index >= 15 is 0 Å². The Morgan fingerprint density at radius 3 is 2.16 bits per heavy atom. The number of fused-ring (bicyclic) bond motifs is 1. The van der Waals surface area contributed by atoms with E-state index in [0.717, 1.165) is 14.8 Å². The number of nitrogens with zero attached hydrogens (tertiary/aromatic N) is 2. The van der Waals surface area contributed by atoms with Crippen molar-refractivity contribution in [2.75, 3.05) is 25.5 Å². The molecule has 240 valence electrons. The van der Waals surface area contributed by atoms with Crippen molar-refractivity contribution in [1.29, 1.82) is 0 Å². The van der Waals surface area contributed by atoms with Crippen LogP contribution in [-0.4, -0.2) is 90.2 Å². The predicted octanol–water partition coefficient (Wildman–Crippen LogP) is 2.87. The van der Waals surface area contributed by atoms with Gasteiger partial charge in [0.2, 0.25) is 10.0 Å². The minimum absolute atomic E-state index is 0.0536. The van der Waals surface area contributed by atoms with Crippen LogP contribution in [0.25, 0.3) is 0 Å². The van der Waals surface area contributed by atoms with Gasteiger partial charge in [-0.2, -0.15) is 4.31 Å². The van der Waals surface area contributed by atoms with Gasteiger partial charge in [0, 0.05) is 24.8 Å². The maximum atomic E-state index is 13.6. The molecule has 1 heterocycles. The average molecular weight is 639 g/mol. The normalized spacial score (nSPS) is 15.2. The van der Waals surface area contributed by atoms with Gasteiger partial charge in [0.05, 0.1) is 41.4 Å². The monoisotopic (exact) mass is 638 g/mol. The van der Waals surface area contributed by atoms with Crippen LogP contribution in [0.2, 0.25) is 0 Å². The quantitative estimate of drug-likeness (QED) is 0.208. The fraction of sp³-hybridized carbons (Fsp3) is 0.344. The molecule has 0 aliphatic carbocycles. The Hall–Kier alpha value is -4.30. The fourth-order valence-corrected chi connectivity index (χ4v) is 6.63. The molecule has 0 spiro atoms. The lowest BCUT2D eigenvalue weighted by atomic mass is 10.0. The van der Waals surface area contributed by atoms with Crippen molar-refractivity contribution in [3.05, 3.63) is 89.5 Å². The smallest absolute Gasteiger partial charge is 0.319 e. The van der Waals surface area contributed by atoms with Crippen molar-refractivity contribution >= 4 is 33.6 Å². The molecule has 3 aromatic rings. The largest absolute Gasteiger partial charge is 0.497 e. The van der Waals surface area contributed by atoms with Gasteiger partial charge >= 0.3 is 6.03 Å². The zero-order valence-corrected chi connectivity index (χ0v) is 26.3. The van der Waals surface area contributed by atoms with Gasteiger partial charge in [-0.15, -0.1) is 0 Å². The number of rotatable bonds is 13. The van der Waals surface area contributed by atoms with Crippen LogP contribution in [0.3, 0.4) is 0 Å². The van der Waals surface area contributed by atoms with Crippen molar-refractivity contribution in [3.63, 3.8) is 0 Å². The topological polar surface area (TPSA) is 166 Å². The van der Waals surface area contributed by atoms with Crippen molar-refractivity contribution in [3.8, 4) is 5.75 Å². The summed E-state index contributed by atoms with van der Waals surface area (Å²) >= 11 is 0. The summed E-state index contributed by atoms with van der Waals surface area (Å²) in [6.07, 6.45) is -2.29. The first kappa shape index (κ1) is 33.6. The molecular weight excluding hydrogens is 600 g/mol. The molecule has 45 heavy (non-hydrogen) atoms. The van der Waals surface area contributed by atoms with Gasteiger partial charge in [-0.05, 0) is 75.2 Å². The van der Waals surface area contributed by atoms with Gasteiger partial charge in [-0.3, -0.25) is 14.5 Å². The zero-order chi connectivity index (χ0) is 32.9. The lowest BCUT2D eigenvalue weighted by Gasteiger charge is -2.30. The third-order valence-electron chi connectivity index (χ3n) is 7.33. The lowest BCUT2D eigenvalue weighted by molar-refractivity contribution is 0.0609. The molecule has 0 radical (unpaired) electrons. The maximum Gasteiger partial charge on any atom is 0.319 e. The Morgan fingerprint density at radius 1 is 0.911 bits per heavy atom. The van der Waals surface area contributed by atoms with E-state index in [-0.39, 0.29) is 40.7 Å². The summed E-state index contributed by atoms with van der Waals surface area (Å²) in [5, 5.41) is 26.9. The predicted molar refractivity (Wildman–Crippen MR) is 168 cm³/mol. The first-order valence-electron chi connectivity index (χ1n) is 14.5. The summed E-state index contributed by atoms with van der Waals surface area (Å²) < 4.78 is 33.2. The first-order chi connectivity index (χ1) is 21.3. The highest BCUT2D eigenvalue weighted by molar-refractivity contribution is 7.89. The Morgan fingerprint density at radius 2 is 1.56 bits per heavy atom. The SMILES string of the molecule is COc1ccc(S(=O)(=O)N(C[C@@H](O)[C@H](Cc2ccccc2)NC(=O)Nc2ccc3c(c2)C(=O)N(C(C)C)C3=O)C[C@@H](C)O)cc1.